The van der Waals surface area contributed by atoms with Gasteiger partial charge in [-0.2, -0.15) is 0 Å². The molecule has 1 spiro atoms. The second-order valence-corrected chi connectivity index (χ2v) is 12.2. The Kier molecular flexibility index (Phi) is 4.64. The van der Waals surface area contributed by atoms with Gasteiger partial charge in [0.1, 0.15) is 5.75 Å². The number of rotatable bonds is 2. The van der Waals surface area contributed by atoms with Crippen LogP contribution >= 0.6 is 0 Å². The average Bonchev–Trinajstić information content (AvgIpc) is 3.14. The zero-order valence-corrected chi connectivity index (χ0v) is 19.4. The Morgan fingerprint density at radius 3 is 2.53 bits per heavy atom. The van der Waals surface area contributed by atoms with E-state index in [1.165, 1.54) is 19.3 Å². The summed E-state index contributed by atoms with van der Waals surface area (Å²) in [5, 5.41) is 30.6. The van der Waals surface area contributed by atoms with E-state index in [-0.39, 0.29) is 46.9 Å². The highest BCUT2D eigenvalue weighted by Crippen LogP contribution is 2.75. The Balaban J connectivity index is 1.28. The normalized spacial score (nSPS) is 52.1. The Morgan fingerprint density at radius 2 is 1.78 bits per heavy atom. The molecule has 5 nitrogen and oxygen atoms in total. The lowest BCUT2D eigenvalue weighted by Crippen LogP contribution is -2.64. The molecule has 5 fully saturated rings. The van der Waals surface area contributed by atoms with E-state index in [1.807, 2.05) is 12.1 Å². The molecule has 1 aromatic carbocycles. The lowest BCUT2D eigenvalue weighted by Gasteiger charge is -2.68. The quantitative estimate of drug-likeness (QED) is 0.626. The van der Waals surface area contributed by atoms with Gasteiger partial charge in [0.2, 0.25) is 0 Å². The van der Waals surface area contributed by atoms with Crippen LogP contribution in [0.25, 0.3) is 0 Å². The topological polar surface area (TPSA) is 79.2 Å². The van der Waals surface area contributed by atoms with E-state index < -0.39 is 5.60 Å². The number of fused-ring (bicyclic) bond motifs is 4. The Bertz CT molecular complexity index is 887. The Hall–Kier alpha value is -1.14. The Labute approximate surface area is 191 Å². The molecule has 9 unspecified atom stereocenters. The summed E-state index contributed by atoms with van der Waals surface area (Å²) in [6, 6.07) is 7.17. The third-order valence-corrected chi connectivity index (χ3v) is 11.2. The van der Waals surface area contributed by atoms with Crippen LogP contribution in [0.1, 0.15) is 77.1 Å². The summed E-state index contributed by atoms with van der Waals surface area (Å²) in [4.78, 5) is 0. The molecule has 5 heteroatoms. The number of phenols is 1. The number of aliphatic hydroxyl groups excluding tert-OH is 1. The van der Waals surface area contributed by atoms with E-state index in [9.17, 15) is 15.3 Å². The van der Waals surface area contributed by atoms with Crippen LogP contribution in [0.2, 0.25) is 0 Å². The number of hydrogen-bond donors (Lipinski definition) is 3. The third kappa shape index (κ3) is 2.65. The zero-order valence-electron chi connectivity index (χ0n) is 19.4. The van der Waals surface area contributed by atoms with Gasteiger partial charge < -0.3 is 24.8 Å². The van der Waals surface area contributed by atoms with Crippen molar-refractivity contribution in [2.45, 2.75) is 83.2 Å². The van der Waals surface area contributed by atoms with Gasteiger partial charge in [-0.25, -0.2) is 0 Å². The predicted molar refractivity (Wildman–Crippen MR) is 120 cm³/mol. The van der Waals surface area contributed by atoms with Crippen LogP contribution in [0.4, 0.5) is 0 Å². The molecule has 4 saturated carbocycles. The molecule has 1 aliphatic heterocycles. The number of ether oxygens (including phenoxy) is 2. The van der Waals surface area contributed by atoms with Crippen LogP contribution < -0.4 is 0 Å². The lowest BCUT2D eigenvalue weighted by molar-refractivity contribution is -0.320. The van der Waals surface area contributed by atoms with Gasteiger partial charge in [-0.1, -0.05) is 26.0 Å². The number of hydrogen-bond acceptors (Lipinski definition) is 5. The first-order chi connectivity index (χ1) is 15.2. The molecule has 176 valence electrons. The Morgan fingerprint density at radius 1 is 1.00 bits per heavy atom. The van der Waals surface area contributed by atoms with Crippen LogP contribution in [-0.2, 0) is 9.47 Å². The van der Waals surface area contributed by atoms with Crippen molar-refractivity contribution in [3.05, 3.63) is 29.8 Å². The van der Waals surface area contributed by atoms with Crippen molar-refractivity contribution < 1.29 is 24.8 Å². The second-order valence-electron chi connectivity index (χ2n) is 12.2. The van der Waals surface area contributed by atoms with Crippen molar-refractivity contribution in [2.24, 2.45) is 34.0 Å². The second kappa shape index (κ2) is 6.94. The van der Waals surface area contributed by atoms with Gasteiger partial charge in [-0.05, 0) is 92.1 Å². The maximum absolute atomic E-state index is 11.1. The summed E-state index contributed by atoms with van der Waals surface area (Å²) >= 11 is 0. The van der Waals surface area contributed by atoms with Gasteiger partial charge in [-0.15, -0.1) is 0 Å². The summed E-state index contributed by atoms with van der Waals surface area (Å²) in [6.07, 6.45) is 8.38. The maximum Gasteiger partial charge on any atom is 0.184 e. The number of phenolic OH excluding ortho intramolecular Hbond substituents is 1. The number of benzene rings is 1. The first-order valence-corrected chi connectivity index (χ1v) is 12.6. The summed E-state index contributed by atoms with van der Waals surface area (Å²) in [6.45, 7) is 5.54. The third-order valence-electron chi connectivity index (χ3n) is 11.2. The van der Waals surface area contributed by atoms with Crippen LogP contribution in [0.3, 0.4) is 0 Å². The van der Waals surface area contributed by atoms with Gasteiger partial charge in [0.15, 0.2) is 6.29 Å². The minimum absolute atomic E-state index is 0.0110. The highest BCUT2D eigenvalue weighted by Gasteiger charge is 2.71. The first kappa shape index (κ1) is 21.4. The number of aromatic hydroxyl groups is 1. The molecular weight excluding hydrogens is 404 g/mol. The van der Waals surface area contributed by atoms with Gasteiger partial charge in [-0.3, -0.25) is 0 Å². The molecule has 0 aromatic heterocycles. The zero-order chi connectivity index (χ0) is 22.4. The summed E-state index contributed by atoms with van der Waals surface area (Å²) in [7, 11) is 0. The summed E-state index contributed by atoms with van der Waals surface area (Å²) in [5.74, 6) is 1.72. The van der Waals surface area contributed by atoms with E-state index in [1.54, 1.807) is 12.1 Å². The first-order valence-electron chi connectivity index (χ1n) is 12.6. The highest BCUT2D eigenvalue weighted by atomic mass is 16.7. The van der Waals surface area contributed by atoms with E-state index in [0.29, 0.717) is 18.4 Å². The van der Waals surface area contributed by atoms with Crippen LogP contribution in [0.5, 0.6) is 5.75 Å². The van der Waals surface area contributed by atoms with E-state index in [4.69, 9.17) is 9.47 Å². The SMILES string of the molecule is CC12COC(c3ccc(O)cc3)OC1CCC1(C)C2CCC2CC3CC21CCC3(O)CO. The molecule has 9 atom stereocenters. The fraction of sp³-hybridized carbons (Fsp3) is 0.778. The monoisotopic (exact) mass is 442 g/mol. The molecule has 32 heavy (non-hydrogen) atoms. The molecule has 1 saturated heterocycles. The molecule has 0 radical (unpaired) electrons. The van der Waals surface area contributed by atoms with Crippen molar-refractivity contribution in [1.29, 1.82) is 0 Å². The smallest absolute Gasteiger partial charge is 0.184 e. The van der Waals surface area contributed by atoms with Crippen LogP contribution in [0, 0.1) is 34.0 Å². The highest BCUT2D eigenvalue weighted by molar-refractivity contribution is 5.27. The van der Waals surface area contributed by atoms with Crippen LogP contribution in [-0.4, -0.2) is 40.2 Å². The minimum Gasteiger partial charge on any atom is -0.508 e. The largest absolute Gasteiger partial charge is 0.508 e. The summed E-state index contributed by atoms with van der Waals surface area (Å²) < 4.78 is 13.0. The van der Waals surface area contributed by atoms with E-state index >= 15 is 0 Å². The van der Waals surface area contributed by atoms with Crippen molar-refractivity contribution in [3.63, 3.8) is 0 Å². The van der Waals surface area contributed by atoms with Gasteiger partial charge in [0.25, 0.3) is 0 Å². The van der Waals surface area contributed by atoms with Crippen molar-refractivity contribution in [3.8, 4) is 5.75 Å². The van der Waals surface area contributed by atoms with E-state index in [2.05, 4.69) is 13.8 Å². The fourth-order valence-corrected chi connectivity index (χ4v) is 9.37. The standard InChI is InChI=1S/C27H38O5/c1-24-16-31-23(17-3-6-20(29)7-4-17)32-22(24)9-10-25(2)21(24)8-5-18-13-19-14-26(18,25)11-12-27(19,30)15-28/h3-4,6-7,18-19,21-23,28-30H,5,8-16H2,1-2H3. The molecule has 6 rings (SSSR count). The van der Waals surface area contributed by atoms with Crippen molar-refractivity contribution in [2.75, 3.05) is 13.2 Å². The molecule has 1 heterocycles. The van der Waals surface area contributed by atoms with Crippen molar-refractivity contribution >= 4 is 0 Å². The predicted octanol–water partition coefficient (Wildman–Crippen LogP) is 4.55. The molecule has 4 aliphatic carbocycles. The van der Waals surface area contributed by atoms with Gasteiger partial charge >= 0.3 is 0 Å². The molecule has 2 bridgehead atoms. The molecule has 3 N–H and O–H groups in total. The van der Waals surface area contributed by atoms with Crippen LogP contribution in [0.15, 0.2) is 24.3 Å². The average molecular weight is 443 g/mol. The number of aliphatic hydroxyl groups is 2. The maximum atomic E-state index is 11.1. The van der Waals surface area contributed by atoms with E-state index in [0.717, 1.165) is 37.7 Å². The van der Waals surface area contributed by atoms with Crippen molar-refractivity contribution in [1.82, 2.24) is 0 Å². The van der Waals surface area contributed by atoms with Gasteiger partial charge in [0, 0.05) is 11.0 Å². The lowest BCUT2D eigenvalue weighted by atomic mass is 9.39. The molecule has 0 amide bonds. The fourth-order valence-electron chi connectivity index (χ4n) is 9.37. The summed E-state index contributed by atoms with van der Waals surface area (Å²) in [5.41, 5.74) is 0.594. The van der Waals surface area contributed by atoms with Gasteiger partial charge in [0.05, 0.1) is 24.9 Å². The molecule has 1 aromatic rings. The molecule has 5 aliphatic rings. The molecular formula is C27H38O5. The minimum atomic E-state index is -0.871.